The molecule has 1 saturated carbocycles. The van der Waals surface area contributed by atoms with E-state index in [9.17, 15) is 4.79 Å². The summed E-state index contributed by atoms with van der Waals surface area (Å²) in [6, 6.07) is 0.405. The Labute approximate surface area is 86.0 Å². The molecule has 0 amide bonds. The number of rotatable bonds is 4. The molecule has 0 radical (unpaired) electrons. The predicted molar refractivity (Wildman–Crippen MR) is 54.9 cm³/mol. The largest absolute Gasteiger partial charge is 0.476 e. The second-order valence-electron chi connectivity index (χ2n) is 3.61. The van der Waals surface area contributed by atoms with Gasteiger partial charge in [-0.15, -0.1) is 11.3 Å². The smallest absolute Gasteiger partial charge is 0.355 e. The fraction of sp³-hybridized carbons (Fsp3) is 0.556. The van der Waals surface area contributed by atoms with E-state index in [2.05, 4.69) is 17.2 Å². The summed E-state index contributed by atoms with van der Waals surface area (Å²) in [5, 5.41) is 14.2. The molecule has 1 aromatic rings. The standard InChI is InChI=1S/C9H12N2O2S/c1-5(6-2-3-6)10-9-11-7(4-14-9)8(12)13/h4-6H,2-3H2,1H3,(H,10,11)(H,12,13). The lowest BCUT2D eigenvalue weighted by molar-refractivity contribution is 0.0691. The van der Waals surface area contributed by atoms with Crippen molar-refractivity contribution in [2.45, 2.75) is 25.8 Å². The third kappa shape index (κ3) is 2.04. The van der Waals surface area contributed by atoms with Crippen LogP contribution in [0.25, 0.3) is 0 Å². The van der Waals surface area contributed by atoms with Crippen LogP contribution in [0, 0.1) is 5.92 Å². The van der Waals surface area contributed by atoms with Gasteiger partial charge in [0, 0.05) is 11.4 Å². The lowest BCUT2D eigenvalue weighted by Crippen LogP contribution is -2.17. The molecule has 1 heterocycles. The van der Waals surface area contributed by atoms with Crippen molar-refractivity contribution >= 4 is 22.4 Å². The summed E-state index contributed by atoms with van der Waals surface area (Å²) in [5.41, 5.74) is 0.125. The molecule has 1 aliphatic rings. The average Bonchev–Trinajstić information content (AvgIpc) is 2.87. The molecule has 1 atom stereocenters. The Morgan fingerprint density at radius 2 is 2.50 bits per heavy atom. The first-order chi connectivity index (χ1) is 6.66. The Morgan fingerprint density at radius 1 is 1.79 bits per heavy atom. The van der Waals surface area contributed by atoms with Crippen LogP contribution in [0.4, 0.5) is 5.13 Å². The zero-order valence-corrected chi connectivity index (χ0v) is 8.67. The second-order valence-corrected chi connectivity index (χ2v) is 4.47. The minimum atomic E-state index is -0.964. The SMILES string of the molecule is CC(Nc1nc(C(=O)O)cs1)C1CC1. The Kier molecular flexibility index (Phi) is 2.41. The number of nitrogens with zero attached hydrogens (tertiary/aromatic N) is 1. The zero-order valence-electron chi connectivity index (χ0n) is 7.86. The van der Waals surface area contributed by atoms with Crippen molar-refractivity contribution in [2.75, 3.05) is 5.32 Å². The van der Waals surface area contributed by atoms with E-state index in [0.29, 0.717) is 11.2 Å². The first-order valence-corrected chi connectivity index (χ1v) is 5.50. The van der Waals surface area contributed by atoms with Crippen LogP contribution in [0.15, 0.2) is 5.38 Å². The van der Waals surface area contributed by atoms with Crippen molar-refractivity contribution in [3.8, 4) is 0 Å². The summed E-state index contributed by atoms with van der Waals surface area (Å²) in [7, 11) is 0. The molecule has 76 valence electrons. The monoisotopic (exact) mass is 212 g/mol. The third-order valence-corrected chi connectivity index (χ3v) is 3.18. The molecular formula is C9H12N2O2S. The first-order valence-electron chi connectivity index (χ1n) is 4.62. The molecule has 0 aliphatic heterocycles. The minimum absolute atomic E-state index is 0.125. The molecular weight excluding hydrogens is 200 g/mol. The van der Waals surface area contributed by atoms with E-state index in [1.807, 2.05) is 0 Å². The van der Waals surface area contributed by atoms with Crippen LogP contribution in [-0.4, -0.2) is 22.1 Å². The van der Waals surface area contributed by atoms with E-state index in [4.69, 9.17) is 5.11 Å². The lowest BCUT2D eigenvalue weighted by Gasteiger charge is -2.10. The molecule has 0 aromatic carbocycles. The molecule has 4 nitrogen and oxygen atoms in total. The van der Waals surface area contributed by atoms with E-state index in [0.717, 1.165) is 5.92 Å². The van der Waals surface area contributed by atoms with Crippen molar-refractivity contribution in [3.05, 3.63) is 11.1 Å². The van der Waals surface area contributed by atoms with Crippen LogP contribution >= 0.6 is 11.3 Å². The molecule has 14 heavy (non-hydrogen) atoms. The number of anilines is 1. The molecule has 0 bridgehead atoms. The number of carboxylic acid groups (broad SMARTS) is 1. The highest BCUT2D eigenvalue weighted by Gasteiger charge is 2.28. The molecule has 1 unspecified atom stereocenters. The van der Waals surface area contributed by atoms with Crippen molar-refractivity contribution in [3.63, 3.8) is 0 Å². The van der Waals surface area contributed by atoms with Crippen LogP contribution in [0.2, 0.25) is 0 Å². The number of hydrogen-bond donors (Lipinski definition) is 2. The van der Waals surface area contributed by atoms with E-state index in [1.54, 1.807) is 5.38 Å². The van der Waals surface area contributed by atoms with Gasteiger partial charge in [-0.05, 0) is 25.7 Å². The van der Waals surface area contributed by atoms with Gasteiger partial charge in [-0.25, -0.2) is 9.78 Å². The average molecular weight is 212 g/mol. The number of nitrogens with one attached hydrogen (secondary N) is 1. The van der Waals surface area contributed by atoms with Crippen molar-refractivity contribution < 1.29 is 9.90 Å². The Hall–Kier alpha value is -1.10. The molecule has 0 saturated heterocycles. The maximum Gasteiger partial charge on any atom is 0.355 e. The summed E-state index contributed by atoms with van der Waals surface area (Å²) >= 11 is 1.35. The summed E-state index contributed by atoms with van der Waals surface area (Å²) < 4.78 is 0. The van der Waals surface area contributed by atoms with Gasteiger partial charge in [0.15, 0.2) is 10.8 Å². The van der Waals surface area contributed by atoms with Gasteiger partial charge >= 0.3 is 5.97 Å². The van der Waals surface area contributed by atoms with E-state index in [1.165, 1.54) is 24.2 Å². The van der Waals surface area contributed by atoms with Gasteiger partial charge in [0.1, 0.15) is 0 Å². The summed E-state index contributed by atoms with van der Waals surface area (Å²) in [4.78, 5) is 14.5. The number of thiazole rings is 1. The fourth-order valence-corrected chi connectivity index (χ4v) is 2.13. The van der Waals surface area contributed by atoms with E-state index >= 15 is 0 Å². The number of carbonyl (C=O) groups is 1. The predicted octanol–water partition coefficient (Wildman–Crippen LogP) is 2.05. The number of aromatic nitrogens is 1. The van der Waals surface area contributed by atoms with Crippen molar-refractivity contribution in [1.82, 2.24) is 4.98 Å². The van der Waals surface area contributed by atoms with Crippen LogP contribution in [0.5, 0.6) is 0 Å². The van der Waals surface area contributed by atoms with Gasteiger partial charge in [0.2, 0.25) is 0 Å². The second kappa shape index (κ2) is 3.57. The molecule has 1 fully saturated rings. The van der Waals surface area contributed by atoms with Gasteiger partial charge in [-0.1, -0.05) is 0 Å². The quantitative estimate of drug-likeness (QED) is 0.801. The normalized spacial score (nSPS) is 17.8. The van der Waals surface area contributed by atoms with Crippen LogP contribution in [0.3, 0.4) is 0 Å². The maximum atomic E-state index is 10.6. The van der Waals surface area contributed by atoms with Crippen molar-refractivity contribution in [2.24, 2.45) is 5.92 Å². The van der Waals surface area contributed by atoms with Gasteiger partial charge < -0.3 is 10.4 Å². The summed E-state index contributed by atoms with van der Waals surface area (Å²) in [6.45, 7) is 2.11. The molecule has 2 rings (SSSR count). The van der Waals surface area contributed by atoms with E-state index < -0.39 is 5.97 Å². The Morgan fingerprint density at radius 3 is 3.00 bits per heavy atom. The first kappa shape index (κ1) is 9.45. The van der Waals surface area contributed by atoms with Gasteiger partial charge in [-0.2, -0.15) is 0 Å². The minimum Gasteiger partial charge on any atom is -0.476 e. The van der Waals surface area contributed by atoms with Gasteiger partial charge in [-0.3, -0.25) is 0 Å². The van der Waals surface area contributed by atoms with Crippen LogP contribution in [-0.2, 0) is 0 Å². The van der Waals surface area contributed by atoms with Crippen LogP contribution in [0.1, 0.15) is 30.3 Å². The highest BCUT2D eigenvalue weighted by atomic mass is 32.1. The van der Waals surface area contributed by atoms with Crippen molar-refractivity contribution in [1.29, 1.82) is 0 Å². The molecule has 1 aliphatic carbocycles. The van der Waals surface area contributed by atoms with Crippen LogP contribution < -0.4 is 5.32 Å². The van der Waals surface area contributed by atoms with Gasteiger partial charge in [0.25, 0.3) is 0 Å². The zero-order chi connectivity index (χ0) is 10.1. The molecule has 1 aromatic heterocycles. The molecule has 0 spiro atoms. The third-order valence-electron chi connectivity index (χ3n) is 2.40. The Balaban J connectivity index is 1.98. The fourth-order valence-electron chi connectivity index (χ4n) is 1.35. The highest BCUT2D eigenvalue weighted by Crippen LogP contribution is 2.34. The highest BCUT2D eigenvalue weighted by molar-refractivity contribution is 7.13. The van der Waals surface area contributed by atoms with E-state index in [-0.39, 0.29) is 5.69 Å². The number of aromatic carboxylic acids is 1. The number of carboxylic acids is 1. The molecule has 5 heteroatoms. The molecule has 2 N–H and O–H groups in total. The number of hydrogen-bond acceptors (Lipinski definition) is 4. The lowest BCUT2D eigenvalue weighted by atomic mass is 10.2. The topological polar surface area (TPSA) is 62.2 Å². The summed E-state index contributed by atoms with van der Waals surface area (Å²) in [6.07, 6.45) is 2.54. The van der Waals surface area contributed by atoms with Gasteiger partial charge in [0.05, 0.1) is 0 Å². The summed E-state index contributed by atoms with van der Waals surface area (Å²) in [5.74, 6) is -0.222. The maximum absolute atomic E-state index is 10.6. The Bertz CT molecular complexity index is 346.